The number of rotatable bonds is 5. The number of nitrogens with one attached hydrogen (secondary N) is 1. The van der Waals surface area contributed by atoms with E-state index in [9.17, 15) is 0 Å². The fraction of sp³-hybridized carbons (Fsp3) is 0.308. The third-order valence-electron chi connectivity index (χ3n) is 2.67. The zero-order chi connectivity index (χ0) is 12.1. The Bertz CT molecular complexity index is 462. The van der Waals surface area contributed by atoms with Crippen LogP contribution in [0.4, 0.5) is 0 Å². The van der Waals surface area contributed by atoms with Crippen LogP contribution in [0.3, 0.4) is 0 Å². The van der Waals surface area contributed by atoms with E-state index in [1.54, 1.807) is 7.11 Å². The second kappa shape index (κ2) is 5.50. The van der Waals surface area contributed by atoms with Crippen molar-refractivity contribution in [3.63, 3.8) is 0 Å². The average Bonchev–Trinajstić information content (AvgIpc) is 2.84. The maximum absolute atomic E-state index is 5.14. The van der Waals surface area contributed by atoms with E-state index < -0.39 is 0 Å². The Morgan fingerprint density at radius 3 is 2.71 bits per heavy atom. The highest BCUT2D eigenvalue weighted by atomic mass is 16.5. The Kier molecular flexibility index (Phi) is 3.77. The molecule has 0 aliphatic rings. The number of imidazole rings is 1. The van der Waals surface area contributed by atoms with Gasteiger partial charge in [0.1, 0.15) is 11.6 Å². The number of methoxy groups -OCH3 is 1. The number of benzene rings is 1. The molecule has 0 saturated heterocycles. The van der Waals surface area contributed by atoms with Crippen LogP contribution in [0.2, 0.25) is 0 Å². The van der Waals surface area contributed by atoms with Gasteiger partial charge in [0.2, 0.25) is 0 Å². The van der Waals surface area contributed by atoms with Crippen molar-refractivity contribution >= 4 is 0 Å². The zero-order valence-corrected chi connectivity index (χ0v) is 10.2. The number of likely N-dealkylation sites (N-methyl/N-ethyl adjacent to an activating group) is 1. The second-order valence-electron chi connectivity index (χ2n) is 3.78. The van der Waals surface area contributed by atoms with Gasteiger partial charge in [-0.25, -0.2) is 4.98 Å². The summed E-state index contributed by atoms with van der Waals surface area (Å²) in [5, 5.41) is 3.13. The predicted octanol–water partition coefficient (Wildman–Crippen LogP) is 1.78. The maximum Gasteiger partial charge on any atom is 0.139 e. The van der Waals surface area contributed by atoms with Crippen LogP contribution in [0.1, 0.15) is 0 Å². The molecular formula is C13H17N3O. The Balaban J connectivity index is 2.23. The first-order valence-electron chi connectivity index (χ1n) is 5.65. The van der Waals surface area contributed by atoms with E-state index in [1.165, 1.54) is 0 Å². The van der Waals surface area contributed by atoms with Gasteiger partial charge in [-0.15, -0.1) is 0 Å². The number of nitrogens with zero attached hydrogens (tertiary/aromatic N) is 2. The lowest BCUT2D eigenvalue weighted by Gasteiger charge is -2.08. The minimum Gasteiger partial charge on any atom is -0.497 e. The van der Waals surface area contributed by atoms with Crippen LogP contribution in [0, 0.1) is 0 Å². The summed E-state index contributed by atoms with van der Waals surface area (Å²) in [5.41, 5.74) is 1.10. The molecule has 17 heavy (non-hydrogen) atoms. The molecule has 0 amide bonds. The molecule has 90 valence electrons. The quantitative estimate of drug-likeness (QED) is 0.852. The summed E-state index contributed by atoms with van der Waals surface area (Å²) in [4.78, 5) is 4.39. The summed E-state index contributed by atoms with van der Waals surface area (Å²) >= 11 is 0. The van der Waals surface area contributed by atoms with Crippen molar-refractivity contribution in [1.29, 1.82) is 0 Å². The van der Waals surface area contributed by atoms with Gasteiger partial charge in [0.25, 0.3) is 0 Å². The molecule has 1 aromatic heterocycles. The molecule has 0 unspecified atom stereocenters. The molecule has 0 aliphatic heterocycles. The molecule has 4 nitrogen and oxygen atoms in total. The standard InChI is InChI=1S/C13H17N3O/c1-14-7-9-16-10-8-15-13(16)11-3-5-12(17-2)6-4-11/h3-6,8,10,14H,7,9H2,1-2H3. The lowest BCUT2D eigenvalue weighted by molar-refractivity contribution is 0.415. The van der Waals surface area contributed by atoms with Crippen LogP contribution in [0.25, 0.3) is 11.4 Å². The highest BCUT2D eigenvalue weighted by Gasteiger charge is 2.05. The van der Waals surface area contributed by atoms with Crippen LogP contribution in [-0.2, 0) is 6.54 Å². The molecule has 0 radical (unpaired) electrons. The summed E-state index contributed by atoms with van der Waals surface area (Å²) in [6, 6.07) is 7.95. The zero-order valence-electron chi connectivity index (χ0n) is 10.2. The van der Waals surface area contributed by atoms with Crippen molar-refractivity contribution < 1.29 is 4.74 Å². The van der Waals surface area contributed by atoms with E-state index in [1.807, 2.05) is 43.7 Å². The van der Waals surface area contributed by atoms with Crippen LogP contribution < -0.4 is 10.1 Å². The van der Waals surface area contributed by atoms with E-state index in [-0.39, 0.29) is 0 Å². The van der Waals surface area contributed by atoms with Crippen molar-refractivity contribution in [1.82, 2.24) is 14.9 Å². The summed E-state index contributed by atoms with van der Waals surface area (Å²) in [5.74, 6) is 1.85. The van der Waals surface area contributed by atoms with Gasteiger partial charge in [-0.1, -0.05) is 0 Å². The number of hydrogen-bond acceptors (Lipinski definition) is 3. The smallest absolute Gasteiger partial charge is 0.139 e. The van der Waals surface area contributed by atoms with Crippen molar-refractivity contribution in [2.75, 3.05) is 20.7 Å². The highest BCUT2D eigenvalue weighted by molar-refractivity contribution is 5.56. The molecule has 0 aliphatic carbocycles. The van der Waals surface area contributed by atoms with Crippen molar-refractivity contribution in [3.8, 4) is 17.1 Å². The first-order chi connectivity index (χ1) is 8.35. The van der Waals surface area contributed by atoms with Gasteiger partial charge < -0.3 is 14.6 Å². The second-order valence-corrected chi connectivity index (χ2v) is 3.78. The van der Waals surface area contributed by atoms with E-state index in [2.05, 4.69) is 14.9 Å². The summed E-state index contributed by atoms with van der Waals surface area (Å²) < 4.78 is 7.28. The van der Waals surface area contributed by atoms with E-state index in [0.29, 0.717) is 0 Å². The summed E-state index contributed by atoms with van der Waals surface area (Å²) in [7, 11) is 3.62. The number of ether oxygens (including phenoxy) is 1. The average molecular weight is 231 g/mol. The van der Waals surface area contributed by atoms with Gasteiger partial charge in [0.05, 0.1) is 7.11 Å². The van der Waals surface area contributed by atoms with Crippen molar-refractivity contribution in [3.05, 3.63) is 36.7 Å². The summed E-state index contributed by atoms with van der Waals surface area (Å²) in [6.07, 6.45) is 3.83. The van der Waals surface area contributed by atoms with Gasteiger partial charge in [0.15, 0.2) is 0 Å². The van der Waals surface area contributed by atoms with Gasteiger partial charge in [-0.05, 0) is 31.3 Å². The van der Waals surface area contributed by atoms with Gasteiger partial charge in [-0.3, -0.25) is 0 Å². The van der Waals surface area contributed by atoms with Crippen LogP contribution >= 0.6 is 0 Å². The van der Waals surface area contributed by atoms with Crippen LogP contribution in [0.15, 0.2) is 36.7 Å². The summed E-state index contributed by atoms with van der Waals surface area (Å²) in [6.45, 7) is 1.84. The van der Waals surface area contributed by atoms with E-state index in [4.69, 9.17) is 4.74 Å². The van der Waals surface area contributed by atoms with Crippen LogP contribution in [-0.4, -0.2) is 30.3 Å². The number of hydrogen-bond donors (Lipinski definition) is 1. The largest absolute Gasteiger partial charge is 0.497 e. The van der Waals surface area contributed by atoms with Gasteiger partial charge in [-0.2, -0.15) is 0 Å². The minimum atomic E-state index is 0.863. The normalized spacial score (nSPS) is 10.5. The molecule has 1 N–H and O–H groups in total. The van der Waals surface area contributed by atoms with Crippen molar-refractivity contribution in [2.45, 2.75) is 6.54 Å². The lowest BCUT2D eigenvalue weighted by atomic mass is 10.2. The van der Waals surface area contributed by atoms with Crippen molar-refractivity contribution in [2.24, 2.45) is 0 Å². The Morgan fingerprint density at radius 2 is 2.06 bits per heavy atom. The third kappa shape index (κ3) is 2.65. The Morgan fingerprint density at radius 1 is 1.29 bits per heavy atom. The topological polar surface area (TPSA) is 39.1 Å². The molecule has 2 aromatic rings. The first kappa shape index (κ1) is 11.7. The molecule has 4 heteroatoms. The molecule has 0 spiro atoms. The van der Waals surface area contributed by atoms with Crippen LogP contribution in [0.5, 0.6) is 5.75 Å². The molecule has 2 rings (SSSR count). The molecule has 0 bridgehead atoms. The molecule has 0 atom stereocenters. The molecule has 0 saturated carbocycles. The van der Waals surface area contributed by atoms with Gasteiger partial charge >= 0.3 is 0 Å². The Labute approximate surface area is 101 Å². The minimum absolute atomic E-state index is 0.863. The Hall–Kier alpha value is -1.81. The molecular weight excluding hydrogens is 214 g/mol. The third-order valence-corrected chi connectivity index (χ3v) is 2.67. The van der Waals surface area contributed by atoms with E-state index in [0.717, 1.165) is 30.2 Å². The fourth-order valence-corrected chi connectivity index (χ4v) is 1.72. The van der Waals surface area contributed by atoms with E-state index >= 15 is 0 Å². The molecule has 1 heterocycles. The lowest BCUT2D eigenvalue weighted by Crippen LogP contribution is -2.15. The van der Waals surface area contributed by atoms with Gasteiger partial charge in [0, 0.05) is 31.0 Å². The SMILES string of the molecule is CNCCn1ccnc1-c1ccc(OC)cc1. The monoisotopic (exact) mass is 231 g/mol. The fourth-order valence-electron chi connectivity index (χ4n) is 1.72. The molecule has 0 fully saturated rings. The molecule has 1 aromatic carbocycles. The maximum atomic E-state index is 5.14. The first-order valence-corrected chi connectivity index (χ1v) is 5.65. The highest BCUT2D eigenvalue weighted by Crippen LogP contribution is 2.20. The number of aromatic nitrogens is 2. The predicted molar refractivity (Wildman–Crippen MR) is 68.1 cm³/mol.